The Hall–Kier alpha value is -1.98. The lowest BCUT2D eigenvalue weighted by Gasteiger charge is -2.11. The predicted octanol–water partition coefficient (Wildman–Crippen LogP) is 2.12. The molecule has 2 N–H and O–H groups in total. The van der Waals surface area contributed by atoms with E-state index < -0.39 is 23.5 Å². The topological polar surface area (TPSA) is 66.4 Å². The summed E-state index contributed by atoms with van der Waals surface area (Å²) in [6.07, 6.45) is 0.798. The third-order valence-corrected chi connectivity index (χ3v) is 3.01. The number of carboxylic acids is 1. The molecule has 0 aliphatic rings. The number of carboxylic acid groups (broad SMARTS) is 1. The van der Waals surface area contributed by atoms with Crippen LogP contribution in [0.15, 0.2) is 18.2 Å². The number of aryl methyl sites for hydroxylation is 1. The Kier molecular flexibility index (Phi) is 6.09. The molecule has 0 saturated carbocycles. The monoisotopic (exact) mass is 285 g/mol. The zero-order valence-corrected chi connectivity index (χ0v) is 11.2. The molecule has 1 rings (SSSR count). The molecular formula is C14H17F2NO3. The van der Waals surface area contributed by atoms with Crippen LogP contribution in [0.2, 0.25) is 0 Å². The molecule has 110 valence electrons. The van der Waals surface area contributed by atoms with Crippen LogP contribution in [-0.4, -0.2) is 23.5 Å². The highest BCUT2D eigenvalue weighted by atomic mass is 19.2. The Morgan fingerprint density at radius 2 is 2.00 bits per heavy atom. The van der Waals surface area contributed by atoms with Crippen molar-refractivity contribution in [3.8, 4) is 0 Å². The second-order valence-corrected chi connectivity index (χ2v) is 4.50. The molecule has 0 aliphatic carbocycles. The fourth-order valence-electron chi connectivity index (χ4n) is 1.68. The lowest BCUT2D eigenvalue weighted by molar-refractivity contribution is -0.141. The van der Waals surface area contributed by atoms with Crippen molar-refractivity contribution >= 4 is 11.9 Å². The summed E-state index contributed by atoms with van der Waals surface area (Å²) < 4.78 is 25.7. The van der Waals surface area contributed by atoms with Gasteiger partial charge in [0.25, 0.3) is 0 Å². The number of hydrogen-bond donors (Lipinski definition) is 2. The highest BCUT2D eigenvalue weighted by Crippen LogP contribution is 2.10. The van der Waals surface area contributed by atoms with E-state index in [1.54, 1.807) is 6.92 Å². The van der Waals surface area contributed by atoms with Crippen molar-refractivity contribution in [3.05, 3.63) is 35.4 Å². The number of halogens is 2. The van der Waals surface area contributed by atoms with Crippen LogP contribution in [0.5, 0.6) is 0 Å². The number of rotatable bonds is 7. The Labute approximate surface area is 115 Å². The van der Waals surface area contributed by atoms with Crippen LogP contribution >= 0.6 is 0 Å². The van der Waals surface area contributed by atoms with Gasteiger partial charge in [0.05, 0.1) is 5.92 Å². The summed E-state index contributed by atoms with van der Waals surface area (Å²) in [5.41, 5.74) is 0.518. The second kappa shape index (κ2) is 7.57. The maximum Gasteiger partial charge on any atom is 0.308 e. The van der Waals surface area contributed by atoms with Gasteiger partial charge >= 0.3 is 5.97 Å². The highest BCUT2D eigenvalue weighted by molar-refractivity contribution is 5.77. The minimum Gasteiger partial charge on any atom is -0.481 e. The Bertz CT molecular complexity index is 491. The summed E-state index contributed by atoms with van der Waals surface area (Å²) in [6, 6.07) is 3.48. The van der Waals surface area contributed by atoms with E-state index in [4.69, 9.17) is 5.11 Å². The Balaban J connectivity index is 2.39. The van der Waals surface area contributed by atoms with Crippen LogP contribution in [-0.2, 0) is 16.0 Å². The fourth-order valence-corrected chi connectivity index (χ4v) is 1.68. The van der Waals surface area contributed by atoms with Gasteiger partial charge in [-0.2, -0.15) is 0 Å². The number of nitrogens with one attached hydrogen (secondary N) is 1. The standard InChI is InChI=1S/C14H17F2NO3/c1-2-10(14(19)20)8-17-13(18)6-4-9-3-5-11(15)12(16)7-9/h3,5,7,10H,2,4,6,8H2,1H3,(H,17,18)(H,19,20). The summed E-state index contributed by atoms with van der Waals surface area (Å²) in [6.45, 7) is 1.80. The first-order valence-corrected chi connectivity index (χ1v) is 6.37. The van der Waals surface area contributed by atoms with E-state index in [0.29, 0.717) is 12.0 Å². The zero-order valence-electron chi connectivity index (χ0n) is 11.2. The smallest absolute Gasteiger partial charge is 0.308 e. The van der Waals surface area contributed by atoms with Gasteiger partial charge in [0, 0.05) is 13.0 Å². The van der Waals surface area contributed by atoms with Crippen LogP contribution in [0, 0.1) is 17.6 Å². The Morgan fingerprint density at radius 3 is 2.55 bits per heavy atom. The van der Waals surface area contributed by atoms with E-state index in [1.165, 1.54) is 6.07 Å². The van der Waals surface area contributed by atoms with Gasteiger partial charge in [-0.05, 0) is 30.5 Å². The number of aliphatic carboxylic acids is 1. The van der Waals surface area contributed by atoms with Crippen molar-refractivity contribution < 1.29 is 23.5 Å². The van der Waals surface area contributed by atoms with E-state index >= 15 is 0 Å². The van der Waals surface area contributed by atoms with Gasteiger partial charge in [0.15, 0.2) is 11.6 Å². The van der Waals surface area contributed by atoms with Crippen molar-refractivity contribution in [1.29, 1.82) is 0 Å². The maximum absolute atomic E-state index is 13.0. The molecule has 1 unspecified atom stereocenters. The number of amides is 1. The molecule has 1 aromatic carbocycles. The molecule has 20 heavy (non-hydrogen) atoms. The van der Waals surface area contributed by atoms with Crippen molar-refractivity contribution in [2.45, 2.75) is 26.2 Å². The first-order chi connectivity index (χ1) is 9.43. The zero-order chi connectivity index (χ0) is 15.1. The van der Waals surface area contributed by atoms with Crippen molar-refractivity contribution in [2.24, 2.45) is 5.92 Å². The van der Waals surface area contributed by atoms with E-state index in [0.717, 1.165) is 12.1 Å². The molecule has 0 heterocycles. The van der Waals surface area contributed by atoms with Crippen LogP contribution < -0.4 is 5.32 Å². The molecule has 1 atom stereocenters. The summed E-state index contributed by atoms with van der Waals surface area (Å²) >= 11 is 0. The summed E-state index contributed by atoms with van der Waals surface area (Å²) in [7, 11) is 0. The van der Waals surface area contributed by atoms with Crippen LogP contribution in [0.1, 0.15) is 25.3 Å². The summed E-state index contributed by atoms with van der Waals surface area (Å²) in [5, 5.41) is 11.3. The van der Waals surface area contributed by atoms with Crippen LogP contribution in [0.3, 0.4) is 0 Å². The second-order valence-electron chi connectivity index (χ2n) is 4.50. The quantitative estimate of drug-likeness (QED) is 0.806. The molecule has 0 spiro atoms. The molecule has 0 fully saturated rings. The molecule has 6 heteroatoms. The summed E-state index contributed by atoms with van der Waals surface area (Å²) in [5.74, 6) is -3.74. The third-order valence-electron chi connectivity index (χ3n) is 3.01. The lowest BCUT2D eigenvalue weighted by Crippen LogP contribution is -2.32. The van der Waals surface area contributed by atoms with Gasteiger partial charge in [-0.15, -0.1) is 0 Å². The molecule has 0 saturated heterocycles. The first kappa shape index (κ1) is 16.1. The number of carbonyl (C=O) groups excluding carboxylic acids is 1. The van der Waals surface area contributed by atoms with Crippen LogP contribution in [0.25, 0.3) is 0 Å². The van der Waals surface area contributed by atoms with Gasteiger partial charge in [-0.3, -0.25) is 9.59 Å². The number of carbonyl (C=O) groups is 2. The normalized spacial score (nSPS) is 11.9. The summed E-state index contributed by atoms with van der Waals surface area (Å²) in [4.78, 5) is 22.3. The highest BCUT2D eigenvalue weighted by Gasteiger charge is 2.15. The first-order valence-electron chi connectivity index (χ1n) is 6.37. The molecule has 0 radical (unpaired) electrons. The number of hydrogen-bond acceptors (Lipinski definition) is 2. The molecule has 0 aromatic heterocycles. The minimum atomic E-state index is -0.951. The van der Waals surface area contributed by atoms with E-state index in [9.17, 15) is 18.4 Å². The van der Waals surface area contributed by atoms with Gasteiger partial charge in [0.2, 0.25) is 5.91 Å². The van der Waals surface area contributed by atoms with Gasteiger partial charge in [-0.25, -0.2) is 8.78 Å². The molecule has 1 aromatic rings. The van der Waals surface area contributed by atoms with Gasteiger partial charge < -0.3 is 10.4 Å². The van der Waals surface area contributed by atoms with Crippen molar-refractivity contribution in [3.63, 3.8) is 0 Å². The lowest BCUT2D eigenvalue weighted by atomic mass is 10.1. The predicted molar refractivity (Wildman–Crippen MR) is 69.1 cm³/mol. The Morgan fingerprint density at radius 1 is 1.30 bits per heavy atom. The van der Waals surface area contributed by atoms with E-state index in [-0.39, 0.29) is 25.3 Å². The van der Waals surface area contributed by atoms with E-state index in [2.05, 4.69) is 5.32 Å². The average Bonchev–Trinajstić information content (AvgIpc) is 2.40. The third kappa shape index (κ3) is 4.95. The van der Waals surface area contributed by atoms with Crippen LogP contribution in [0.4, 0.5) is 8.78 Å². The molecule has 4 nitrogen and oxygen atoms in total. The molecule has 1 amide bonds. The largest absolute Gasteiger partial charge is 0.481 e. The van der Waals surface area contributed by atoms with Gasteiger partial charge in [-0.1, -0.05) is 13.0 Å². The SMILES string of the molecule is CCC(CNC(=O)CCc1ccc(F)c(F)c1)C(=O)O. The van der Waals surface area contributed by atoms with Crippen molar-refractivity contribution in [1.82, 2.24) is 5.32 Å². The fraction of sp³-hybridized carbons (Fsp3) is 0.429. The molecular weight excluding hydrogens is 268 g/mol. The average molecular weight is 285 g/mol. The number of benzene rings is 1. The van der Waals surface area contributed by atoms with E-state index in [1.807, 2.05) is 0 Å². The maximum atomic E-state index is 13.0. The minimum absolute atomic E-state index is 0.0719. The molecule has 0 aliphatic heterocycles. The van der Waals surface area contributed by atoms with Crippen molar-refractivity contribution in [2.75, 3.05) is 6.54 Å². The van der Waals surface area contributed by atoms with Gasteiger partial charge in [0.1, 0.15) is 0 Å². The molecule has 0 bridgehead atoms.